The summed E-state index contributed by atoms with van der Waals surface area (Å²) < 4.78 is 10.8. The maximum atomic E-state index is 12.3. The third-order valence-corrected chi connectivity index (χ3v) is 4.16. The van der Waals surface area contributed by atoms with Gasteiger partial charge < -0.3 is 19.7 Å². The molecule has 3 N–H and O–H groups in total. The molecule has 0 bridgehead atoms. The first-order valence-electron chi connectivity index (χ1n) is 9.06. The van der Waals surface area contributed by atoms with Crippen molar-refractivity contribution in [3.05, 3.63) is 65.7 Å². The lowest BCUT2D eigenvalue weighted by molar-refractivity contribution is 0.0545. The number of rotatable bonds is 9. The Balaban J connectivity index is 2.08. The lowest BCUT2D eigenvalue weighted by Gasteiger charge is -2.24. The molecular formula is C21H25NO6. The predicted molar refractivity (Wildman–Crippen MR) is 103 cm³/mol. The molecular weight excluding hydrogens is 362 g/mol. The Kier molecular flexibility index (Phi) is 8.45. The summed E-state index contributed by atoms with van der Waals surface area (Å²) in [4.78, 5) is 24.4. The molecule has 2 atom stereocenters. The molecule has 0 saturated carbocycles. The summed E-state index contributed by atoms with van der Waals surface area (Å²) in [5.41, 5.74) is 1.06. The number of aliphatic hydroxyl groups is 2. The van der Waals surface area contributed by atoms with Gasteiger partial charge >= 0.3 is 6.09 Å². The summed E-state index contributed by atoms with van der Waals surface area (Å²) in [6.45, 7) is 1.90. The van der Waals surface area contributed by atoms with Crippen LogP contribution in [0.3, 0.4) is 0 Å². The molecule has 2 rings (SSSR count). The van der Waals surface area contributed by atoms with Gasteiger partial charge in [0.25, 0.3) is 5.91 Å². The van der Waals surface area contributed by atoms with Crippen LogP contribution in [0.1, 0.15) is 35.4 Å². The molecule has 0 radical (unpaired) electrons. The number of imide groups is 1. The molecule has 0 saturated heterocycles. The van der Waals surface area contributed by atoms with Crippen LogP contribution in [0.15, 0.2) is 54.6 Å². The minimum absolute atomic E-state index is 0.0523. The summed E-state index contributed by atoms with van der Waals surface area (Å²) in [6, 6.07) is 15.3. The van der Waals surface area contributed by atoms with E-state index in [9.17, 15) is 14.7 Å². The second-order valence-electron chi connectivity index (χ2n) is 6.28. The Morgan fingerprint density at radius 1 is 1.00 bits per heavy atom. The lowest BCUT2D eigenvalue weighted by Crippen LogP contribution is -2.33. The normalized spacial score (nSPS) is 12.7. The van der Waals surface area contributed by atoms with Gasteiger partial charge in [0.05, 0.1) is 6.61 Å². The summed E-state index contributed by atoms with van der Waals surface area (Å²) in [6.07, 6.45) is -1.08. The van der Waals surface area contributed by atoms with Crippen LogP contribution in [0.2, 0.25) is 0 Å². The fourth-order valence-electron chi connectivity index (χ4n) is 2.68. The monoisotopic (exact) mass is 387 g/mol. The minimum atomic E-state index is -0.857. The van der Waals surface area contributed by atoms with E-state index in [1.165, 1.54) is 0 Å². The van der Waals surface area contributed by atoms with E-state index in [0.29, 0.717) is 23.3 Å². The first-order valence-corrected chi connectivity index (χ1v) is 9.06. The Labute approximate surface area is 163 Å². The molecule has 0 fully saturated rings. The maximum absolute atomic E-state index is 12.3. The topological polar surface area (TPSA) is 105 Å². The third-order valence-electron chi connectivity index (χ3n) is 4.16. The average Bonchev–Trinajstić information content (AvgIpc) is 2.71. The van der Waals surface area contributed by atoms with Gasteiger partial charge in [-0.3, -0.25) is 10.1 Å². The number of carbonyl (C=O) groups excluding carboxylic acids is 2. The highest BCUT2D eigenvalue weighted by molar-refractivity contribution is 6.02. The van der Waals surface area contributed by atoms with Crippen LogP contribution in [0.4, 0.5) is 4.79 Å². The van der Waals surface area contributed by atoms with Crippen molar-refractivity contribution in [1.82, 2.24) is 5.32 Å². The van der Waals surface area contributed by atoms with Crippen molar-refractivity contribution >= 4 is 12.0 Å². The molecule has 7 nitrogen and oxygen atoms in total. The van der Waals surface area contributed by atoms with Crippen LogP contribution in [-0.4, -0.2) is 42.0 Å². The van der Waals surface area contributed by atoms with Gasteiger partial charge in [0.2, 0.25) is 0 Å². The number of benzene rings is 2. The Morgan fingerprint density at radius 3 is 2.29 bits per heavy atom. The van der Waals surface area contributed by atoms with E-state index in [1.807, 2.05) is 6.92 Å². The van der Waals surface area contributed by atoms with Gasteiger partial charge in [-0.1, -0.05) is 37.3 Å². The van der Waals surface area contributed by atoms with Crippen molar-refractivity contribution in [3.8, 4) is 5.75 Å². The number of nitrogens with one attached hydrogen (secondary N) is 1. The number of ether oxygens (including phenoxy) is 2. The Bertz CT molecular complexity index is 747. The van der Waals surface area contributed by atoms with Crippen LogP contribution in [0.5, 0.6) is 5.75 Å². The molecule has 0 aliphatic rings. The van der Waals surface area contributed by atoms with Crippen molar-refractivity contribution in [3.63, 3.8) is 0 Å². The molecule has 7 heteroatoms. The van der Waals surface area contributed by atoms with Gasteiger partial charge in [-0.05, 0) is 42.2 Å². The predicted octanol–water partition coefficient (Wildman–Crippen LogP) is 2.68. The number of carbonyl (C=O) groups is 2. The average molecular weight is 387 g/mol. The highest BCUT2D eigenvalue weighted by atomic mass is 16.6. The van der Waals surface area contributed by atoms with E-state index >= 15 is 0 Å². The minimum Gasteiger partial charge on any atom is -0.491 e. The highest BCUT2D eigenvalue weighted by Crippen LogP contribution is 2.29. The summed E-state index contributed by atoms with van der Waals surface area (Å²) in [5.74, 6) is -0.145. The second-order valence-corrected chi connectivity index (χ2v) is 6.28. The van der Waals surface area contributed by atoms with Crippen molar-refractivity contribution in [2.75, 3.05) is 19.8 Å². The second kappa shape index (κ2) is 11.1. The Hall–Kier alpha value is -2.90. The first kappa shape index (κ1) is 21.4. The van der Waals surface area contributed by atoms with E-state index in [2.05, 4.69) is 5.32 Å². The van der Waals surface area contributed by atoms with Crippen molar-refractivity contribution in [2.24, 2.45) is 5.92 Å². The molecule has 28 heavy (non-hydrogen) atoms. The summed E-state index contributed by atoms with van der Waals surface area (Å²) in [5, 5.41) is 20.3. The van der Waals surface area contributed by atoms with Crippen LogP contribution < -0.4 is 10.1 Å². The fraction of sp³-hybridized carbons (Fsp3) is 0.333. The molecule has 0 unspecified atom stereocenters. The number of hydrogen-bond donors (Lipinski definition) is 3. The number of alkyl carbamates (subject to hydrolysis) is 1. The van der Waals surface area contributed by atoms with Crippen molar-refractivity contribution in [1.29, 1.82) is 0 Å². The molecule has 0 aliphatic heterocycles. The van der Waals surface area contributed by atoms with Crippen LogP contribution in [0, 0.1) is 5.92 Å². The molecule has 0 spiro atoms. The summed E-state index contributed by atoms with van der Waals surface area (Å²) >= 11 is 0. The summed E-state index contributed by atoms with van der Waals surface area (Å²) in [7, 11) is 0. The van der Waals surface area contributed by atoms with E-state index in [1.54, 1.807) is 54.6 Å². The molecule has 2 aromatic carbocycles. The molecule has 0 aromatic heterocycles. The Morgan fingerprint density at radius 2 is 1.68 bits per heavy atom. The smallest absolute Gasteiger partial charge is 0.414 e. The van der Waals surface area contributed by atoms with Crippen LogP contribution in [-0.2, 0) is 4.74 Å². The van der Waals surface area contributed by atoms with Crippen LogP contribution in [0.25, 0.3) is 0 Å². The zero-order valence-electron chi connectivity index (χ0n) is 15.7. The molecule has 2 amide bonds. The van der Waals surface area contributed by atoms with Gasteiger partial charge in [-0.15, -0.1) is 0 Å². The molecule has 0 aliphatic carbocycles. The quantitative estimate of drug-likeness (QED) is 0.611. The number of aliphatic hydroxyl groups excluding tert-OH is 2. The van der Waals surface area contributed by atoms with Crippen molar-refractivity contribution in [2.45, 2.75) is 19.4 Å². The largest absolute Gasteiger partial charge is 0.491 e. The highest BCUT2D eigenvalue weighted by Gasteiger charge is 2.24. The van der Waals surface area contributed by atoms with E-state index in [-0.39, 0.29) is 25.7 Å². The standard InChI is InChI=1S/C21H25NO6/c1-15(11-12-23)19(16-7-9-18(10-8-16)27-14-13-24)28-21(26)22-20(25)17-5-3-2-4-6-17/h2-10,15,19,23-24H,11-14H2,1H3,(H,22,25,26)/t15-,19+/m0/s1. The zero-order valence-corrected chi connectivity index (χ0v) is 15.7. The fourth-order valence-corrected chi connectivity index (χ4v) is 2.68. The van der Waals surface area contributed by atoms with Gasteiger partial charge in [-0.2, -0.15) is 0 Å². The lowest BCUT2D eigenvalue weighted by atomic mass is 9.94. The molecule has 150 valence electrons. The van der Waals surface area contributed by atoms with Gasteiger partial charge in [-0.25, -0.2) is 4.79 Å². The van der Waals surface area contributed by atoms with Gasteiger partial charge in [0.1, 0.15) is 18.5 Å². The molecule has 2 aromatic rings. The van der Waals surface area contributed by atoms with E-state index in [0.717, 1.165) is 0 Å². The first-order chi connectivity index (χ1) is 13.5. The third kappa shape index (κ3) is 6.37. The van der Waals surface area contributed by atoms with E-state index < -0.39 is 18.1 Å². The molecule has 0 heterocycles. The van der Waals surface area contributed by atoms with Crippen molar-refractivity contribution < 1.29 is 29.3 Å². The SMILES string of the molecule is C[C@@H](CCO)[C@@H](OC(=O)NC(=O)c1ccccc1)c1ccc(OCCO)cc1. The zero-order chi connectivity index (χ0) is 20.4. The number of amides is 2. The van der Waals surface area contributed by atoms with Gasteiger partial charge in [0.15, 0.2) is 0 Å². The van der Waals surface area contributed by atoms with Gasteiger partial charge in [0, 0.05) is 12.2 Å². The van der Waals surface area contributed by atoms with E-state index in [4.69, 9.17) is 14.6 Å². The maximum Gasteiger partial charge on any atom is 0.414 e. The van der Waals surface area contributed by atoms with Crippen LogP contribution >= 0.6 is 0 Å². The number of hydrogen-bond acceptors (Lipinski definition) is 6.